The van der Waals surface area contributed by atoms with Gasteiger partial charge in [0.05, 0.1) is 22.1 Å². The molecule has 0 spiro atoms. The summed E-state index contributed by atoms with van der Waals surface area (Å²) in [5.74, 6) is 0. The molecule has 2 heterocycles. The minimum atomic E-state index is 1.14. The van der Waals surface area contributed by atoms with Crippen molar-refractivity contribution in [2.24, 2.45) is 0 Å². The van der Waals surface area contributed by atoms with Gasteiger partial charge >= 0.3 is 0 Å². The van der Waals surface area contributed by atoms with Crippen LogP contribution in [0.5, 0.6) is 0 Å². The van der Waals surface area contributed by atoms with Crippen LogP contribution in [0.15, 0.2) is 243 Å². The van der Waals surface area contributed by atoms with E-state index < -0.39 is 0 Å². The van der Waals surface area contributed by atoms with Gasteiger partial charge < -0.3 is 9.13 Å². The Kier molecular flexibility index (Phi) is 8.25. The van der Waals surface area contributed by atoms with Crippen LogP contribution in [0.1, 0.15) is 0 Å². The number of aromatic nitrogens is 2. The van der Waals surface area contributed by atoms with Gasteiger partial charge in [-0.25, -0.2) is 0 Å². The van der Waals surface area contributed by atoms with Crippen molar-refractivity contribution in [3.63, 3.8) is 0 Å². The van der Waals surface area contributed by atoms with Crippen LogP contribution in [-0.4, -0.2) is 9.13 Å². The van der Waals surface area contributed by atoms with E-state index in [1.165, 1.54) is 110 Å². The predicted octanol–water partition coefficient (Wildman–Crippen LogP) is 16.9. The van der Waals surface area contributed by atoms with Crippen molar-refractivity contribution in [3.8, 4) is 55.9 Å². The van der Waals surface area contributed by atoms with Gasteiger partial charge in [0.1, 0.15) is 0 Å². The Morgan fingerprint density at radius 2 is 0.516 bits per heavy atom. The number of hydrogen-bond donors (Lipinski definition) is 0. The maximum Gasteiger partial charge on any atom is 0.0541 e. The van der Waals surface area contributed by atoms with Crippen molar-refractivity contribution in [1.82, 2.24) is 9.13 Å². The average molecular weight is 813 g/mol. The lowest BCUT2D eigenvalue weighted by Crippen LogP contribution is -1.97. The van der Waals surface area contributed by atoms with E-state index in [1.54, 1.807) is 0 Å². The Labute approximate surface area is 371 Å². The maximum absolute atomic E-state index is 2.42. The molecule has 2 aromatic heterocycles. The largest absolute Gasteiger partial charge is 0.309 e. The quantitative estimate of drug-likeness (QED) is 0.148. The van der Waals surface area contributed by atoms with Crippen LogP contribution in [0, 0.1) is 0 Å². The number of hydrogen-bond acceptors (Lipinski definition) is 0. The first kappa shape index (κ1) is 36.2. The van der Waals surface area contributed by atoms with Gasteiger partial charge in [0, 0.05) is 32.9 Å². The van der Waals surface area contributed by atoms with Crippen molar-refractivity contribution in [2.45, 2.75) is 0 Å². The molecule has 0 bridgehead atoms. The molecule has 0 unspecified atom stereocenters. The molecule has 64 heavy (non-hydrogen) atoms. The molecule has 298 valence electrons. The molecule has 0 aliphatic rings. The molecule has 2 nitrogen and oxygen atoms in total. The van der Waals surface area contributed by atoms with Crippen LogP contribution < -0.4 is 0 Å². The SMILES string of the molecule is c1ccc(-c2c3cccc(-c4cccc(-n5c6ccccc6c6ccccc65)c4)c3c(-c3ccccc3)c3cccc(-c4cccc(-n5c6ccccc6c6ccccc65)c4)c23)cc1. The van der Waals surface area contributed by atoms with E-state index in [-0.39, 0.29) is 0 Å². The molecule has 0 radical (unpaired) electrons. The number of benzene rings is 11. The lowest BCUT2D eigenvalue weighted by Gasteiger charge is -2.23. The first-order valence-electron chi connectivity index (χ1n) is 22.1. The van der Waals surface area contributed by atoms with Crippen molar-refractivity contribution in [1.29, 1.82) is 0 Å². The molecule has 0 fully saturated rings. The zero-order valence-corrected chi connectivity index (χ0v) is 35.0. The fourth-order valence-electron chi connectivity index (χ4n) is 10.6. The van der Waals surface area contributed by atoms with Gasteiger partial charge in [0.15, 0.2) is 0 Å². The molecule has 13 rings (SSSR count). The first-order chi connectivity index (χ1) is 31.8. The molecule has 0 atom stereocenters. The summed E-state index contributed by atoms with van der Waals surface area (Å²) in [5.41, 5.74) is 16.7. The third-order valence-electron chi connectivity index (χ3n) is 13.3. The fourth-order valence-corrected chi connectivity index (χ4v) is 10.6. The summed E-state index contributed by atoms with van der Waals surface area (Å²) in [6.45, 7) is 0. The van der Waals surface area contributed by atoms with E-state index in [4.69, 9.17) is 0 Å². The van der Waals surface area contributed by atoms with Crippen molar-refractivity contribution in [2.75, 3.05) is 0 Å². The minimum Gasteiger partial charge on any atom is -0.309 e. The van der Waals surface area contributed by atoms with Crippen molar-refractivity contribution in [3.05, 3.63) is 243 Å². The molecule has 0 amide bonds. The second-order valence-corrected chi connectivity index (χ2v) is 16.8. The van der Waals surface area contributed by atoms with Gasteiger partial charge in [0.2, 0.25) is 0 Å². The highest BCUT2D eigenvalue weighted by molar-refractivity contribution is 6.27. The van der Waals surface area contributed by atoms with Gasteiger partial charge in [-0.2, -0.15) is 0 Å². The monoisotopic (exact) mass is 812 g/mol. The molecule has 11 aromatic carbocycles. The van der Waals surface area contributed by atoms with Crippen LogP contribution in [0.2, 0.25) is 0 Å². The number of para-hydroxylation sites is 4. The van der Waals surface area contributed by atoms with Crippen molar-refractivity contribution >= 4 is 65.2 Å². The van der Waals surface area contributed by atoms with Crippen LogP contribution in [0.3, 0.4) is 0 Å². The Bertz CT molecular complexity index is 3580. The van der Waals surface area contributed by atoms with Crippen LogP contribution in [-0.2, 0) is 0 Å². The van der Waals surface area contributed by atoms with Crippen LogP contribution >= 0.6 is 0 Å². The topological polar surface area (TPSA) is 9.86 Å². The standard InChI is InChI=1S/C62H40N2/c1-3-19-41(20-4-1)59-53-33-17-32-48(44-24-16-26-46(40-44)64-57-37-13-9-29-51(57)52-30-10-14-38-58(52)64)62(53)60(42-21-5-2-6-22-42)54-34-18-31-47(61(54)59)43-23-15-25-45(39-43)63-55-35-11-7-27-49(55)50-28-8-12-36-56(50)63/h1-40H. The summed E-state index contributed by atoms with van der Waals surface area (Å²) in [5, 5.41) is 9.98. The van der Waals surface area contributed by atoms with Gasteiger partial charge in [0.25, 0.3) is 0 Å². The molecule has 0 N–H and O–H groups in total. The van der Waals surface area contributed by atoms with Gasteiger partial charge in [-0.1, -0.05) is 194 Å². The minimum absolute atomic E-state index is 1.14. The Morgan fingerprint density at radius 3 is 0.891 bits per heavy atom. The highest BCUT2D eigenvalue weighted by Crippen LogP contribution is 2.50. The lowest BCUT2D eigenvalue weighted by atomic mass is 9.81. The Morgan fingerprint density at radius 1 is 0.219 bits per heavy atom. The molecule has 2 heteroatoms. The lowest BCUT2D eigenvalue weighted by molar-refractivity contribution is 1.18. The second kappa shape index (κ2) is 14.6. The van der Waals surface area contributed by atoms with E-state index in [1.807, 2.05) is 0 Å². The summed E-state index contributed by atoms with van der Waals surface area (Å²) in [6.07, 6.45) is 0. The van der Waals surface area contributed by atoms with E-state index in [0.29, 0.717) is 0 Å². The third-order valence-corrected chi connectivity index (χ3v) is 13.3. The smallest absolute Gasteiger partial charge is 0.0541 e. The number of nitrogens with zero attached hydrogens (tertiary/aromatic N) is 2. The van der Waals surface area contributed by atoms with Crippen LogP contribution in [0.4, 0.5) is 0 Å². The average Bonchev–Trinajstić information content (AvgIpc) is 3.89. The summed E-state index contributed by atoms with van der Waals surface area (Å²) in [4.78, 5) is 0. The number of fused-ring (bicyclic) bond motifs is 8. The second-order valence-electron chi connectivity index (χ2n) is 16.8. The Balaban J connectivity index is 1.11. The van der Waals surface area contributed by atoms with Crippen molar-refractivity contribution < 1.29 is 0 Å². The number of rotatable bonds is 6. The normalized spacial score (nSPS) is 11.8. The highest BCUT2D eigenvalue weighted by Gasteiger charge is 2.23. The van der Waals surface area contributed by atoms with Gasteiger partial charge in [-0.05, 0) is 115 Å². The maximum atomic E-state index is 2.42. The van der Waals surface area contributed by atoms with E-state index in [0.717, 1.165) is 11.4 Å². The van der Waals surface area contributed by atoms with E-state index in [2.05, 4.69) is 252 Å². The summed E-state index contributed by atoms with van der Waals surface area (Å²) in [7, 11) is 0. The van der Waals surface area contributed by atoms with Crippen LogP contribution in [0.25, 0.3) is 121 Å². The molecular weight excluding hydrogens is 773 g/mol. The molecule has 0 aliphatic carbocycles. The Hall–Kier alpha value is -8.46. The summed E-state index contributed by atoms with van der Waals surface area (Å²) >= 11 is 0. The molecule has 0 saturated heterocycles. The van der Waals surface area contributed by atoms with E-state index >= 15 is 0 Å². The third kappa shape index (κ3) is 5.53. The van der Waals surface area contributed by atoms with E-state index in [9.17, 15) is 0 Å². The molecule has 13 aromatic rings. The molecular formula is C62H40N2. The summed E-state index contributed by atoms with van der Waals surface area (Å²) in [6, 6.07) is 89.1. The molecule has 0 aliphatic heterocycles. The summed E-state index contributed by atoms with van der Waals surface area (Å²) < 4.78 is 4.84. The first-order valence-corrected chi connectivity index (χ1v) is 22.1. The van der Waals surface area contributed by atoms with Gasteiger partial charge in [-0.3, -0.25) is 0 Å². The predicted molar refractivity (Wildman–Crippen MR) is 272 cm³/mol. The fraction of sp³-hybridized carbons (Fsp3) is 0. The zero-order chi connectivity index (χ0) is 42.1. The van der Waals surface area contributed by atoms with Gasteiger partial charge in [-0.15, -0.1) is 0 Å². The zero-order valence-electron chi connectivity index (χ0n) is 35.0. The highest BCUT2D eigenvalue weighted by atomic mass is 15.0. The molecule has 0 saturated carbocycles.